The van der Waals surface area contributed by atoms with Gasteiger partial charge in [0.15, 0.2) is 17.5 Å². The van der Waals surface area contributed by atoms with Crippen molar-refractivity contribution in [3.63, 3.8) is 0 Å². The number of aromatic nitrogens is 4. The van der Waals surface area contributed by atoms with E-state index < -0.39 is 0 Å². The Hall–Kier alpha value is -5.48. The van der Waals surface area contributed by atoms with Crippen molar-refractivity contribution in [1.29, 1.82) is 0 Å². The lowest BCUT2D eigenvalue weighted by Crippen LogP contribution is -2.02. The maximum Gasteiger partial charge on any atom is 0.182 e. The van der Waals surface area contributed by atoms with Gasteiger partial charge in [-0.25, -0.2) is 15.0 Å². The standard InChI is InChI=1S/C36H22N4/c1-3-13-25-23(11-1)21-31(29-17-7-5-15-27(25)29)34-38-35(40-36(39-34)33-19-9-10-20-37-33)32-22-24-12-2-4-14-26(24)28-16-6-8-18-30(28)32/h1-22H. The summed E-state index contributed by atoms with van der Waals surface area (Å²) < 4.78 is 0. The highest BCUT2D eigenvalue weighted by molar-refractivity contribution is 6.14. The van der Waals surface area contributed by atoms with Crippen LogP contribution in [0.15, 0.2) is 134 Å². The fraction of sp³-hybridized carbons (Fsp3) is 0. The summed E-state index contributed by atoms with van der Waals surface area (Å²) in [5.74, 6) is 1.81. The largest absolute Gasteiger partial charge is 0.253 e. The van der Waals surface area contributed by atoms with Crippen molar-refractivity contribution in [3.05, 3.63) is 134 Å². The van der Waals surface area contributed by atoms with Crippen LogP contribution in [0.3, 0.4) is 0 Å². The van der Waals surface area contributed by atoms with Crippen molar-refractivity contribution in [3.8, 4) is 34.3 Å². The van der Waals surface area contributed by atoms with Crippen LogP contribution in [0.1, 0.15) is 0 Å². The van der Waals surface area contributed by atoms with E-state index in [-0.39, 0.29) is 0 Å². The fourth-order valence-corrected chi connectivity index (χ4v) is 5.70. The second-order valence-electron chi connectivity index (χ2n) is 9.90. The zero-order valence-electron chi connectivity index (χ0n) is 21.5. The molecule has 0 N–H and O–H groups in total. The molecular weight excluding hydrogens is 488 g/mol. The molecule has 0 spiro atoms. The molecule has 0 aliphatic carbocycles. The SMILES string of the molecule is c1ccc(-c2nc(-c3cc4ccccc4c4ccccc34)nc(-c3cc4ccccc4c4ccccc34)n2)nc1. The van der Waals surface area contributed by atoms with E-state index in [0.29, 0.717) is 23.2 Å². The summed E-state index contributed by atoms with van der Waals surface area (Å²) in [6.45, 7) is 0. The van der Waals surface area contributed by atoms with Gasteiger partial charge in [0, 0.05) is 17.3 Å². The molecule has 0 fully saturated rings. The van der Waals surface area contributed by atoms with E-state index in [9.17, 15) is 0 Å². The Morgan fingerprint density at radius 1 is 0.350 bits per heavy atom. The molecule has 2 aromatic heterocycles. The molecule has 40 heavy (non-hydrogen) atoms. The van der Waals surface area contributed by atoms with E-state index in [4.69, 9.17) is 15.0 Å². The van der Waals surface area contributed by atoms with E-state index in [1.165, 1.54) is 21.5 Å². The lowest BCUT2D eigenvalue weighted by Gasteiger charge is -2.14. The average Bonchev–Trinajstić information content (AvgIpc) is 3.04. The van der Waals surface area contributed by atoms with Crippen LogP contribution >= 0.6 is 0 Å². The molecule has 6 aromatic carbocycles. The number of pyridine rings is 1. The molecule has 0 aliphatic heterocycles. The van der Waals surface area contributed by atoms with Crippen LogP contribution in [0.2, 0.25) is 0 Å². The molecule has 8 aromatic rings. The number of hydrogen-bond acceptors (Lipinski definition) is 4. The van der Waals surface area contributed by atoms with Gasteiger partial charge in [0.2, 0.25) is 0 Å². The van der Waals surface area contributed by atoms with Gasteiger partial charge in [-0.05, 0) is 67.4 Å². The van der Waals surface area contributed by atoms with Crippen molar-refractivity contribution in [1.82, 2.24) is 19.9 Å². The number of benzene rings is 6. The monoisotopic (exact) mass is 510 g/mol. The molecule has 8 rings (SSSR count). The number of nitrogens with zero attached hydrogens (tertiary/aromatic N) is 4. The minimum atomic E-state index is 0.551. The average molecular weight is 511 g/mol. The van der Waals surface area contributed by atoms with E-state index in [1.54, 1.807) is 6.20 Å². The molecule has 4 nitrogen and oxygen atoms in total. The maximum absolute atomic E-state index is 5.16. The van der Waals surface area contributed by atoms with E-state index in [0.717, 1.165) is 32.7 Å². The van der Waals surface area contributed by atoms with Gasteiger partial charge in [0.1, 0.15) is 5.69 Å². The van der Waals surface area contributed by atoms with Crippen LogP contribution in [0.4, 0.5) is 0 Å². The molecule has 0 aliphatic rings. The van der Waals surface area contributed by atoms with Crippen LogP contribution in [0.25, 0.3) is 77.4 Å². The molecule has 0 radical (unpaired) electrons. The Bertz CT molecular complexity index is 2080. The van der Waals surface area contributed by atoms with Crippen molar-refractivity contribution < 1.29 is 0 Å². The van der Waals surface area contributed by atoms with Gasteiger partial charge in [0.05, 0.1) is 0 Å². The summed E-state index contributed by atoms with van der Waals surface area (Å²) in [6.07, 6.45) is 1.77. The van der Waals surface area contributed by atoms with Crippen LogP contribution in [0.5, 0.6) is 0 Å². The second-order valence-corrected chi connectivity index (χ2v) is 9.90. The van der Waals surface area contributed by atoms with Crippen molar-refractivity contribution in [2.45, 2.75) is 0 Å². The first-order valence-corrected chi connectivity index (χ1v) is 13.3. The van der Waals surface area contributed by atoms with Crippen molar-refractivity contribution in [2.75, 3.05) is 0 Å². The highest BCUT2D eigenvalue weighted by atomic mass is 15.0. The first-order chi connectivity index (χ1) is 19.8. The van der Waals surface area contributed by atoms with Crippen LogP contribution in [0, 0.1) is 0 Å². The number of rotatable bonds is 3. The van der Waals surface area contributed by atoms with Gasteiger partial charge in [-0.3, -0.25) is 4.98 Å². The summed E-state index contributed by atoms with van der Waals surface area (Å²) >= 11 is 0. The third-order valence-corrected chi connectivity index (χ3v) is 7.55. The third kappa shape index (κ3) is 3.62. The normalized spacial score (nSPS) is 11.5. The lowest BCUT2D eigenvalue weighted by molar-refractivity contribution is 1.06. The van der Waals surface area contributed by atoms with Gasteiger partial charge in [0.25, 0.3) is 0 Å². The zero-order valence-corrected chi connectivity index (χ0v) is 21.5. The molecule has 2 heterocycles. The van der Waals surface area contributed by atoms with E-state index >= 15 is 0 Å². The van der Waals surface area contributed by atoms with Crippen LogP contribution in [-0.2, 0) is 0 Å². The van der Waals surface area contributed by atoms with Gasteiger partial charge in [-0.15, -0.1) is 0 Å². The van der Waals surface area contributed by atoms with Crippen LogP contribution in [-0.4, -0.2) is 19.9 Å². The quantitative estimate of drug-likeness (QED) is 0.223. The minimum absolute atomic E-state index is 0.551. The number of fused-ring (bicyclic) bond motifs is 6. The summed E-state index contributed by atoms with van der Waals surface area (Å²) in [4.78, 5) is 19.8. The Kier molecular flexibility index (Phi) is 5.10. The summed E-state index contributed by atoms with van der Waals surface area (Å²) in [5, 5.41) is 9.27. The smallest absolute Gasteiger partial charge is 0.182 e. The van der Waals surface area contributed by atoms with E-state index in [2.05, 4.69) is 114 Å². The number of hydrogen-bond donors (Lipinski definition) is 0. The van der Waals surface area contributed by atoms with Crippen molar-refractivity contribution >= 4 is 43.1 Å². The lowest BCUT2D eigenvalue weighted by atomic mass is 9.96. The Labute approximate surface area is 230 Å². The predicted octanol–water partition coefficient (Wildman–Crippen LogP) is 8.88. The molecule has 186 valence electrons. The topological polar surface area (TPSA) is 51.6 Å². The summed E-state index contributed by atoms with van der Waals surface area (Å²) in [7, 11) is 0. The molecule has 0 saturated heterocycles. The third-order valence-electron chi connectivity index (χ3n) is 7.55. The Balaban J connectivity index is 1.47. The molecule has 0 unspecified atom stereocenters. The first kappa shape index (κ1) is 22.5. The van der Waals surface area contributed by atoms with Crippen LogP contribution < -0.4 is 0 Å². The minimum Gasteiger partial charge on any atom is -0.253 e. The highest BCUT2D eigenvalue weighted by Crippen LogP contribution is 2.37. The van der Waals surface area contributed by atoms with Crippen molar-refractivity contribution in [2.24, 2.45) is 0 Å². The Morgan fingerprint density at radius 2 is 0.775 bits per heavy atom. The molecule has 4 heteroatoms. The van der Waals surface area contributed by atoms with Gasteiger partial charge < -0.3 is 0 Å². The predicted molar refractivity (Wildman–Crippen MR) is 164 cm³/mol. The fourth-order valence-electron chi connectivity index (χ4n) is 5.70. The van der Waals surface area contributed by atoms with Gasteiger partial charge in [-0.2, -0.15) is 0 Å². The highest BCUT2D eigenvalue weighted by Gasteiger charge is 2.18. The molecule has 0 bridgehead atoms. The Morgan fingerprint density at radius 3 is 1.27 bits per heavy atom. The second kappa shape index (κ2) is 9.07. The van der Waals surface area contributed by atoms with Gasteiger partial charge in [-0.1, -0.05) is 103 Å². The molecule has 0 atom stereocenters. The molecule has 0 saturated carbocycles. The first-order valence-electron chi connectivity index (χ1n) is 13.3. The van der Waals surface area contributed by atoms with Gasteiger partial charge >= 0.3 is 0 Å². The molecule has 0 amide bonds. The summed E-state index contributed by atoms with van der Waals surface area (Å²) in [5.41, 5.74) is 2.66. The van der Waals surface area contributed by atoms with E-state index in [1.807, 2.05) is 18.2 Å². The zero-order chi connectivity index (χ0) is 26.5. The molecular formula is C36H22N4. The summed E-state index contributed by atoms with van der Waals surface area (Å²) in [6, 6.07) is 44.0. The maximum atomic E-state index is 5.16.